The molecule has 0 aliphatic carbocycles. The lowest BCUT2D eigenvalue weighted by Gasteiger charge is -2.05. The van der Waals surface area contributed by atoms with Crippen LogP contribution in [0.25, 0.3) is 0 Å². The van der Waals surface area contributed by atoms with E-state index in [0.29, 0.717) is 5.75 Å². The van der Waals surface area contributed by atoms with Crippen LogP contribution < -0.4 is 4.94 Å². The molecule has 0 bridgehead atoms. The summed E-state index contributed by atoms with van der Waals surface area (Å²) in [4.78, 5) is 3.86. The van der Waals surface area contributed by atoms with E-state index in [1.807, 2.05) is 12.1 Å². The third-order valence-electron chi connectivity index (χ3n) is 3.11. The lowest BCUT2D eigenvalue weighted by atomic mass is 10.0. The molecule has 96 valence electrons. The van der Waals surface area contributed by atoms with E-state index in [2.05, 4.69) is 11.9 Å². The van der Waals surface area contributed by atoms with Crippen LogP contribution in [-0.4, -0.2) is 0 Å². The molecule has 0 unspecified atom stereocenters. The van der Waals surface area contributed by atoms with Crippen LogP contribution in [0.4, 0.5) is 4.53 Å². The SMILES string of the molecule is CCCCCCCCCc1ccccc1OF. The van der Waals surface area contributed by atoms with Crippen molar-refractivity contribution < 1.29 is 9.47 Å². The summed E-state index contributed by atoms with van der Waals surface area (Å²) in [7, 11) is 0. The summed E-state index contributed by atoms with van der Waals surface area (Å²) in [5, 5.41) is 0. The van der Waals surface area contributed by atoms with Gasteiger partial charge in [0.2, 0.25) is 0 Å². The molecule has 0 fully saturated rings. The highest BCUT2D eigenvalue weighted by Crippen LogP contribution is 2.20. The first-order chi connectivity index (χ1) is 8.38. The molecule has 0 radical (unpaired) electrons. The van der Waals surface area contributed by atoms with Gasteiger partial charge in [-0.05, 0) is 24.5 Å². The molecule has 0 saturated heterocycles. The molecule has 1 rings (SSSR count). The van der Waals surface area contributed by atoms with E-state index in [9.17, 15) is 4.53 Å². The van der Waals surface area contributed by atoms with Crippen LogP contribution in [0.5, 0.6) is 5.75 Å². The van der Waals surface area contributed by atoms with Gasteiger partial charge in [0.1, 0.15) is 0 Å². The lowest BCUT2D eigenvalue weighted by molar-refractivity contribution is -0.00735. The molecule has 17 heavy (non-hydrogen) atoms. The predicted molar refractivity (Wildman–Crippen MR) is 69.9 cm³/mol. The van der Waals surface area contributed by atoms with Gasteiger partial charge in [-0.15, -0.1) is 0 Å². The zero-order valence-electron chi connectivity index (χ0n) is 10.8. The minimum absolute atomic E-state index is 0.374. The van der Waals surface area contributed by atoms with Gasteiger partial charge in [-0.3, -0.25) is 4.94 Å². The fourth-order valence-electron chi connectivity index (χ4n) is 2.06. The fraction of sp³-hybridized carbons (Fsp3) is 0.600. The third kappa shape index (κ3) is 5.71. The highest BCUT2D eigenvalue weighted by atomic mass is 19.3. The molecule has 0 N–H and O–H groups in total. The van der Waals surface area contributed by atoms with Crippen molar-refractivity contribution in [1.29, 1.82) is 0 Å². The molecule has 1 aromatic carbocycles. The van der Waals surface area contributed by atoms with E-state index in [4.69, 9.17) is 0 Å². The second-order valence-electron chi connectivity index (χ2n) is 4.56. The molecule has 0 saturated carbocycles. The molecule has 0 heterocycles. The maximum atomic E-state index is 12.2. The Balaban J connectivity index is 2.13. The van der Waals surface area contributed by atoms with E-state index in [0.717, 1.165) is 18.4 Å². The largest absolute Gasteiger partial charge is 0.294 e. The smallest absolute Gasteiger partial charge is 0.175 e. The average Bonchev–Trinajstić information content (AvgIpc) is 2.38. The first kappa shape index (κ1) is 14.0. The molecular weight excluding hydrogens is 215 g/mol. The molecule has 0 aromatic heterocycles. The van der Waals surface area contributed by atoms with Gasteiger partial charge in [-0.25, -0.2) is 0 Å². The molecular formula is C15H23FO. The van der Waals surface area contributed by atoms with Crippen molar-refractivity contribution in [2.45, 2.75) is 58.3 Å². The van der Waals surface area contributed by atoms with Crippen LogP contribution in [-0.2, 0) is 6.42 Å². The maximum absolute atomic E-state index is 12.2. The van der Waals surface area contributed by atoms with Gasteiger partial charge in [-0.1, -0.05) is 63.6 Å². The zero-order valence-corrected chi connectivity index (χ0v) is 10.8. The number of para-hydroxylation sites is 1. The van der Waals surface area contributed by atoms with Crippen LogP contribution in [0, 0.1) is 0 Å². The molecule has 0 atom stereocenters. The summed E-state index contributed by atoms with van der Waals surface area (Å²) in [6, 6.07) is 7.34. The monoisotopic (exact) mass is 238 g/mol. The number of unbranched alkanes of at least 4 members (excludes halogenated alkanes) is 6. The van der Waals surface area contributed by atoms with E-state index >= 15 is 0 Å². The Kier molecular flexibility index (Phi) is 7.44. The Bertz CT molecular complexity index is 299. The minimum Gasteiger partial charge on any atom is -0.294 e. The maximum Gasteiger partial charge on any atom is 0.175 e. The Morgan fingerprint density at radius 1 is 0.941 bits per heavy atom. The van der Waals surface area contributed by atoms with Crippen LogP contribution in [0.15, 0.2) is 24.3 Å². The summed E-state index contributed by atoms with van der Waals surface area (Å²) < 4.78 is 12.2. The Morgan fingerprint density at radius 2 is 1.59 bits per heavy atom. The lowest BCUT2D eigenvalue weighted by Crippen LogP contribution is -1.90. The van der Waals surface area contributed by atoms with Crippen molar-refractivity contribution in [1.82, 2.24) is 0 Å². The zero-order chi connectivity index (χ0) is 12.3. The van der Waals surface area contributed by atoms with Gasteiger partial charge in [0.05, 0.1) is 0 Å². The second kappa shape index (κ2) is 9.03. The number of aryl methyl sites for hydroxylation is 1. The van der Waals surface area contributed by atoms with Gasteiger partial charge in [0.25, 0.3) is 0 Å². The summed E-state index contributed by atoms with van der Waals surface area (Å²) >= 11 is 0. The van der Waals surface area contributed by atoms with Crippen molar-refractivity contribution >= 4 is 0 Å². The highest BCUT2D eigenvalue weighted by molar-refractivity contribution is 5.32. The van der Waals surface area contributed by atoms with Crippen molar-refractivity contribution in [3.05, 3.63) is 29.8 Å². The fourth-order valence-corrected chi connectivity index (χ4v) is 2.06. The summed E-state index contributed by atoms with van der Waals surface area (Å²) in [6.07, 6.45) is 9.86. The first-order valence-electron chi connectivity index (χ1n) is 6.75. The van der Waals surface area contributed by atoms with Crippen LogP contribution in [0.2, 0.25) is 0 Å². The quantitative estimate of drug-likeness (QED) is 0.534. The number of halogens is 1. The highest BCUT2D eigenvalue weighted by Gasteiger charge is 2.02. The van der Waals surface area contributed by atoms with Crippen molar-refractivity contribution in [3.8, 4) is 5.75 Å². The third-order valence-corrected chi connectivity index (χ3v) is 3.11. The molecule has 0 aliphatic heterocycles. The van der Waals surface area contributed by atoms with Gasteiger partial charge >= 0.3 is 0 Å². The van der Waals surface area contributed by atoms with E-state index in [1.54, 1.807) is 12.1 Å². The average molecular weight is 238 g/mol. The number of hydrogen-bond acceptors (Lipinski definition) is 1. The van der Waals surface area contributed by atoms with Gasteiger partial charge in [-0.2, -0.15) is 0 Å². The van der Waals surface area contributed by atoms with Crippen molar-refractivity contribution in [2.75, 3.05) is 0 Å². The second-order valence-corrected chi connectivity index (χ2v) is 4.56. The number of hydrogen-bond donors (Lipinski definition) is 0. The van der Waals surface area contributed by atoms with Gasteiger partial charge in [0.15, 0.2) is 5.75 Å². The molecule has 0 spiro atoms. The van der Waals surface area contributed by atoms with Gasteiger partial charge in [0, 0.05) is 4.53 Å². The normalized spacial score (nSPS) is 10.5. The van der Waals surface area contributed by atoms with E-state index < -0.39 is 0 Å². The first-order valence-corrected chi connectivity index (χ1v) is 6.75. The standard InChI is InChI=1S/C15H23FO/c1-2-3-4-5-6-7-8-11-14-12-9-10-13-15(14)17-16/h9-10,12-13H,2-8,11H2,1H3. The molecule has 1 nitrogen and oxygen atoms in total. The Hall–Kier alpha value is -1.05. The summed E-state index contributed by atoms with van der Waals surface area (Å²) in [5.41, 5.74) is 0.976. The predicted octanol–water partition coefficient (Wildman–Crippen LogP) is 5.24. The van der Waals surface area contributed by atoms with Gasteiger partial charge < -0.3 is 0 Å². The topological polar surface area (TPSA) is 9.23 Å². The number of rotatable bonds is 9. The minimum atomic E-state index is 0.374. The molecule has 0 amide bonds. The van der Waals surface area contributed by atoms with Crippen LogP contribution in [0.3, 0.4) is 0 Å². The van der Waals surface area contributed by atoms with Crippen LogP contribution >= 0.6 is 0 Å². The van der Waals surface area contributed by atoms with Crippen molar-refractivity contribution in [2.24, 2.45) is 0 Å². The van der Waals surface area contributed by atoms with E-state index in [-0.39, 0.29) is 0 Å². The van der Waals surface area contributed by atoms with Crippen molar-refractivity contribution in [3.63, 3.8) is 0 Å². The summed E-state index contributed by atoms with van der Waals surface area (Å²) in [5.74, 6) is 0.374. The molecule has 2 heteroatoms. The Labute approximate surface area is 104 Å². The molecule has 1 aromatic rings. The number of benzene rings is 1. The molecule has 0 aliphatic rings. The Morgan fingerprint density at radius 3 is 2.29 bits per heavy atom. The van der Waals surface area contributed by atoms with Crippen LogP contribution in [0.1, 0.15) is 57.4 Å². The van der Waals surface area contributed by atoms with E-state index in [1.165, 1.54) is 38.5 Å². The summed E-state index contributed by atoms with van der Waals surface area (Å²) in [6.45, 7) is 2.23.